The minimum atomic E-state index is 0.0578. The lowest BCUT2D eigenvalue weighted by molar-refractivity contribution is 0.255. The Hall–Kier alpha value is -0.860. The van der Waals surface area contributed by atoms with Gasteiger partial charge in [-0.1, -0.05) is 57.0 Å². The summed E-state index contributed by atoms with van der Waals surface area (Å²) in [5, 5.41) is 0. The van der Waals surface area contributed by atoms with Gasteiger partial charge in [0.05, 0.1) is 0 Å². The molecule has 0 radical (unpaired) electrons. The molecule has 2 N–H and O–H groups in total. The van der Waals surface area contributed by atoms with Crippen molar-refractivity contribution in [2.75, 3.05) is 26.7 Å². The summed E-state index contributed by atoms with van der Waals surface area (Å²) in [5.41, 5.74) is 7.42. The summed E-state index contributed by atoms with van der Waals surface area (Å²) in [4.78, 5) is 2.41. The van der Waals surface area contributed by atoms with E-state index in [1.807, 2.05) is 0 Å². The minimum Gasteiger partial charge on any atom is -0.330 e. The Morgan fingerprint density at radius 3 is 2.39 bits per heavy atom. The fraction of sp³-hybridized carbons (Fsp3) is 0.625. The lowest BCUT2D eigenvalue weighted by Gasteiger charge is -2.33. The van der Waals surface area contributed by atoms with E-state index in [1.165, 1.54) is 24.8 Å². The number of nitrogens with zero attached hydrogens (tertiary/aromatic N) is 1. The van der Waals surface area contributed by atoms with Crippen LogP contribution in [0.2, 0.25) is 0 Å². The van der Waals surface area contributed by atoms with Crippen LogP contribution in [0.15, 0.2) is 30.3 Å². The van der Waals surface area contributed by atoms with E-state index in [4.69, 9.17) is 5.73 Å². The molecule has 1 aromatic carbocycles. The van der Waals surface area contributed by atoms with Crippen LogP contribution in [0.25, 0.3) is 0 Å². The number of likely N-dealkylation sites (N-methyl/N-ethyl adjacent to an activating group) is 1. The van der Waals surface area contributed by atoms with E-state index in [0.717, 1.165) is 13.1 Å². The monoisotopic (exact) mass is 248 g/mol. The molecule has 102 valence electrons. The molecule has 2 nitrogen and oxygen atoms in total. The fourth-order valence-electron chi connectivity index (χ4n) is 2.42. The van der Waals surface area contributed by atoms with Gasteiger partial charge in [0, 0.05) is 18.5 Å². The highest BCUT2D eigenvalue weighted by Crippen LogP contribution is 2.23. The van der Waals surface area contributed by atoms with Gasteiger partial charge in [0.25, 0.3) is 0 Å². The number of nitrogens with two attached hydrogens (primary N) is 1. The van der Waals surface area contributed by atoms with Gasteiger partial charge in [0.1, 0.15) is 0 Å². The summed E-state index contributed by atoms with van der Waals surface area (Å²) in [6.45, 7) is 7.38. The first-order valence-electron chi connectivity index (χ1n) is 7.06. The van der Waals surface area contributed by atoms with Crippen molar-refractivity contribution in [1.82, 2.24) is 4.90 Å². The summed E-state index contributed by atoms with van der Waals surface area (Å²) in [6, 6.07) is 10.6. The quantitative estimate of drug-likeness (QED) is 0.717. The predicted molar refractivity (Wildman–Crippen MR) is 79.9 cm³/mol. The number of hydrogen-bond acceptors (Lipinski definition) is 2. The third-order valence-electron chi connectivity index (χ3n) is 3.68. The molecule has 0 fully saturated rings. The van der Waals surface area contributed by atoms with Crippen molar-refractivity contribution in [1.29, 1.82) is 0 Å². The maximum atomic E-state index is 6.02. The summed E-state index contributed by atoms with van der Waals surface area (Å²) in [5.74, 6) is 0. The van der Waals surface area contributed by atoms with E-state index in [0.29, 0.717) is 6.54 Å². The predicted octanol–water partition coefficient (Wildman–Crippen LogP) is 3.03. The lowest BCUT2D eigenvalue weighted by atomic mass is 9.82. The van der Waals surface area contributed by atoms with Crippen LogP contribution in [0, 0.1) is 0 Å². The summed E-state index contributed by atoms with van der Waals surface area (Å²) in [6.07, 6.45) is 3.87. The Labute approximate surface area is 112 Å². The van der Waals surface area contributed by atoms with Gasteiger partial charge >= 0.3 is 0 Å². The van der Waals surface area contributed by atoms with Gasteiger partial charge in [-0.15, -0.1) is 0 Å². The highest BCUT2D eigenvalue weighted by atomic mass is 15.1. The van der Waals surface area contributed by atoms with Gasteiger partial charge in [0.2, 0.25) is 0 Å². The Kier molecular flexibility index (Phi) is 6.37. The molecule has 0 saturated carbocycles. The highest BCUT2D eigenvalue weighted by Gasteiger charge is 2.26. The third-order valence-corrected chi connectivity index (χ3v) is 3.68. The number of hydrogen-bond donors (Lipinski definition) is 1. The SMILES string of the molecule is CCCCCN(C)CC(C)(CN)c1ccccc1. The van der Waals surface area contributed by atoms with Crippen LogP contribution < -0.4 is 5.73 Å². The van der Waals surface area contributed by atoms with Crippen LogP contribution >= 0.6 is 0 Å². The molecule has 0 aromatic heterocycles. The Morgan fingerprint density at radius 2 is 1.83 bits per heavy atom. The van der Waals surface area contributed by atoms with Crippen molar-refractivity contribution >= 4 is 0 Å². The Bertz CT molecular complexity index is 323. The lowest BCUT2D eigenvalue weighted by Crippen LogP contribution is -2.42. The van der Waals surface area contributed by atoms with Crippen LogP contribution in [0.1, 0.15) is 38.7 Å². The van der Waals surface area contributed by atoms with Gasteiger partial charge in [0.15, 0.2) is 0 Å². The first kappa shape index (κ1) is 15.2. The van der Waals surface area contributed by atoms with Gasteiger partial charge in [-0.3, -0.25) is 0 Å². The maximum absolute atomic E-state index is 6.02. The molecular formula is C16H28N2. The van der Waals surface area contributed by atoms with E-state index in [-0.39, 0.29) is 5.41 Å². The molecule has 1 atom stereocenters. The van der Waals surface area contributed by atoms with Crippen molar-refractivity contribution in [3.05, 3.63) is 35.9 Å². The average Bonchev–Trinajstić information content (AvgIpc) is 2.40. The number of benzene rings is 1. The largest absolute Gasteiger partial charge is 0.330 e. The highest BCUT2D eigenvalue weighted by molar-refractivity contribution is 5.25. The van der Waals surface area contributed by atoms with Crippen LogP contribution in [-0.4, -0.2) is 31.6 Å². The molecule has 1 aromatic rings. The fourth-order valence-corrected chi connectivity index (χ4v) is 2.42. The van der Waals surface area contributed by atoms with Crippen molar-refractivity contribution < 1.29 is 0 Å². The summed E-state index contributed by atoms with van der Waals surface area (Å²) < 4.78 is 0. The van der Waals surface area contributed by atoms with Crippen LogP contribution in [-0.2, 0) is 5.41 Å². The first-order chi connectivity index (χ1) is 8.62. The van der Waals surface area contributed by atoms with Gasteiger partial charge in [-0.2, -0.15) is 0 Å². The molecule has 0 heterocycles. The van der Waals surface area contributed by atoms with Crippen LogP contribution in [0.5, 0.6) is 0 Å². The topological polar surface area (TPSA) is 29.3 Å². The Morgan fingerprint density at radius 1 is 1.17 bits per heavy atom. The first-order valence-corrected chi connectivity index (χ1v) is 7.06. The number of rotatable bonds is 8. The zero-order valence-electron chi connectivity index (χ0n) is 12.2. The molecule has 0 aliphatic heterocycles. The second-order valence-electron chi connectivity index (χ2n) is 5.58. The van der Waals surface area contributed by atoms with E-state index in [9.17, 15) is 0 Å². The summed E-state index contributed by atoms with van der Waals surface area (Å²) >= 11 is 0. The standard InChI is InChI=1S/C16H28N2/c1-4-5-9-12-18(3)14-16(2,13-17)15-10-7-6-8-11-15/h6-8,10-11H,4-5,9,12-14,17H2,1-3H3. The summed E-state index contributed by atoms with van der Waals surface area (Å²) in [7, 11) is 2.20. The molecule has 0 amide bonds. The molecule has 0 aliphatic carbocycles. The molecule has 1 rings (SSSR count). The van der Waals surface area contributed by atoms with Gasteiger partial charge in [-0.05, 0) is 25.6 Å². The van der Waals surface area contributed by atoms with Crippen LogP contribution in [0.3, 0.4) is 0 Å². The molecule has 0 aliphatic rings. The van der Waals surface area contributed by atoms with Gasteiger partial charge in [-0.25, -0.2) is 0 Å². The van der Waals surface area contributed by atoms with Crippen molar-refractivity contribution in [2.45, 2.75) is 38.5 Å². The van der Waals surface area contributed by atoms with E-state index in [2.05, 4.69) is 56.1 Å². The van der Waals surface area contributed by atoms with Crippen LogP contribution in [0.4, 0.5) is 0 Å². The molecule has 1 unspecified atom stereocenters. The average molecular weight is 248 g/mol. The minimum absolute atomic E-state index is 0.0578. The molecule has 0 bridgehead atoms. The van der Waals surface area contributed by atoms with Crippen molar-refractivity contribution in [3.8, 4) is 0 Å². The zero-order valence-corrected chi connectivity index (χ0v) is 12.2. The molecule has 0 spiro atoms. The van der Waals surface area contributed by atoms with E-state index < -0.39 is 0 Å². The molecule has 2 heteroatoms. The van der Waals surface area contributed by atoms with Crippen molar-refractivity contribution in [2.24, 2.45) is 5.73 Å². The van der Waals surface area contributed by atoms with Crippen molar-refractivity contribution in [3.63, 3.8) is 0 Å². The zero-order chi connectivity index (χ0) is 13.4. The number of unbranched alkanes of at least 4 members (excludes halogenated alkanes) is 2. The van der Waals surface area contributed by atoms with Gasteiger partial charge < -0.3 is 10.6 Å². The second kappa shape index (κ2) is 7.55. The van der Waals surface area contributed by atoms with E-state index in [1.54, 1.807) is 0 Å². The second-order valence-corrected chi connectivity index (χ2v) is 5.58. The Balaban J connectivity index is 2.60. The maximum Gasteiger partial charge on any atom is 0.0174 e. The third kappa shape index (κ3) is 4.43. The molecule has 18 heavy (non-hydrogen) atoms. The normalized spacial score (nSPS) is 14.7. The smallest absolute Gasteiger partial charge is 0.0174 e. The molecular weight excluding hydrogens is 220 g/mol. The van der Waals surface area contributed by atoms with E-state index >= 15 is 0 Å². The molecule has 0 saturated heterocycles.